The van der Waals surface area contributed by atoms with Gasteiger partial charge in [-0.05, 0) is 19.0 Å². The molecule has 0 radical (unpaired) electrons. The Balaban J connectivity index is 1.96. The largest absolute Gasteiger partial charge is 0.488 e. The number of hydrogen-bond acceptors (Lipinski definition) is 5. The molecule has 0 amide bonds. The molecule has 6 nitrogen and oxygen atoms in total. The van der Waals surface area contributed by atoms with Gasteiger partial charge < -0.3 is 14.8 Å². The van der Waals surface area contributed by atoms with Gasteiger partial charge in [0.25, 0.3) is 5.69 Å². The number of ether oxygens (including phenoxy) is 2. The molecule has 3 atom stereocenters. The van der Waals surface area contributed by atoms with E-state index in [0.29, 0.717) is 5.75 Å². The van der Waals surface area contributed by atoms with Crippen LogP contribution in [-0.2, 0) is 4.74 Å². The maximum absolute atomic E-state index is 10.7. The molecule has 2 rings (SSSR count). The van der Waals surface area contributed by atoms with Crippen LogP contribution in [0.5, 0.6) is 5.75 Å². The van der Waals surface area contributed by atoms with Crippen molar-refractivity contribution in [2.75, 3.05) is 13.7 Å². The Bertz CT molecular complexity index is 512. The summed E-state index contributed by atoms with van der Waals surface area (Å²) in [5.74, 6) is 0.520. The zero-order chi connectivity index (χ0) is 15.4. The fourth-order valence-corrected chi connectivity index (χ4v) is 2.67. The van der Waals surface area contributed by atoms with Crippen LogP contribution in [0.25, 0.3) is 0 Å². The van der Waals surface area contributed by atoms with E-state index in [9.17, 15) is 10.1 Å². The molecule has 1 N–H and O–H groups in total. The van der Waals surface area contributed by atoms with E-state index < -0.39 is 4.92 Å². The van der Waals surface area contributed by atoms with Crippen LogP contribution in [0.3, 0.4) is 0 Å². The molecule has 3 unspecified atom stereocenters. The van der Waals surface area contributed by atoms with Crippen LogP contribution in [0.1, 0.15) is 19.8 Å². The highest BCUT2D eigenvalue weighted by molar-refractivity contribution is 6.32. The van der Waals surface area contributed by atoms with Crippen molar-refractivity contribution >= 4 is 17.3 Å². The second-order valence-corrected chi connectivity index (χ2v) is 5.43. The van der Waals surface area contributed by atoms with E-state index in [2.05, 4.69) is 12.2 Å². The van der Waals surface area contributed by atoms with Crippen molar-refractivity contribution in [1.29, 1.82) is 0 Å². The number of rotatable bonds is 7. The lowest BCUT2D eigenvalue weighted by molar-refractivity contribution is -0.384. The van der Waals surface area contributed by atoms with E-state index in [1.165, 1.54) is 12.1 Å². The molecule has 7 heteroatoms. The predicted molar refractivity (Wildman–Crippen MR) is 80.0 cm³/mol. The third kappa shape index (κ3) is 3.64. The molecule has 0 saturated heterocycles. The normalized spacial score (nSPS) is 24.4. The minimum Gasteiger partial charge on any atom is -0.488 e. The van der Waals surface area contributed by atoms with Crippen LogP contribution in [0.15, 0.2) is 18.2 Å². The minimum absolute atomic E-state index is 0.0227. The van der Waals surface area contributed by atoms with Crippen molar-refractivity contribution in [2.45, 2.75) is 38.0 Å². The van der Waals surface area contributed by atoms with Crippen molar-refractivity contribution in [3.8, 4) is 5.75 Å². The Morgan fingerprint density at radius 2 is 2.29 bits per heavy atom. The lowest BCUT2D eigenvalue weighted by atomic mass is 9.85. The average Bonchev–Trinajstić information content (AvgIpc) is 2.42. The van der Waals surface area contributed by atoms with Crippen molar-refractivity contribution in [2.24, 2.45) is 0 Å². The monoisotopic (exact) mass is 314 g/mol. The number of nitro benzene ring substituents is 1. The molecule has 0 heterocycles. The standard InChI is InChI=1S/C14H19ClN2O4/c1-3-6-16-11-8-13(14(11)20-2)21-9-4-5-12(17(18)19)10(15)7-9/h4-5,7,11,13-14,16H,3,6,8H2,1-2H3. The second-order valence-electron chi connectivity index (χ2n) is 5.02. The molecular formula is C14H19ClN2O4. The number of nitro groups is 1. The zero-order valence-electron chi connectivity index (χ0n) is 12.0. The maximum atomic E-state index is 10.7. The van der Waals surface area contributed by atoms with E-state index in [1.54, 1.807) is 13.2 Å². The van der Waals surface area contributed by atoms with E-state index in [1.807, 2.05) is 0 Å². The zero-order valence-corrected chi connectivity index (χ0v) is 12.8. The first-order chi connectivity index (χ1) is 10.1. The Morgan fingerprint density at radius 3 is 2.86 bits per heavy atom. The number of methoxy groups -OCH3 is 1. The number of hydrogen-bond donors (Lipinski definition) is 1. The molecule has 116 valence electrons. The van der Waals surface area contributed by atoms with Crippen LogP contribution < -0.4 is 10.1 Å². The van der Waals surface area contributed by atoms with Crippen LogP contribution in [0, 0.1) is 10.1 Å². The van der Waals surface area contributed by atoms with Gasteiger partial charge in [-0.2, -0.15) is 0 Å². The Morgan fingerprint density at radius 1 is 1.52 bits per heavy atom. The highest BCUT2D eigenvalue weighted by Gasteiger charge is 2.42. The summed E-state index contributed by atoms with van der Waals surface area (Å²) in [5, 5.41) is 14.2. The maximum Gasteiger partial charge on any atom is 0.288 e. The Hall–Kier alpha value is -1.37. The van der Waals surface area contributed by atoms with Crippen molar-refractivity contribution in [3.05, 3.63) is 33.3 Å². The first-order valence-corrected chi connectivity index (χ1v) is 7.31. The van der Waals surface area contributed by atoms with Crippen LogP contribution >= 0.6 is 11.6 Å². The highest BCUT2D eigenvalue weighted by Crippen LogP contribution is 2.33. The topological polar surface area (TPSA) is 73.6 Å². The molecule has 21 heavy (non-hydrogen) atoms. The van der Waals surface area contributed by atoms with Gasteiger partial charge in [-0.15, -0.1) is 0 Å². The molecule has 0 bridgehead atoms. The molecule has 1 aromatic carbocycles. The summed E-state index contributed by atoms with van der Waals surface area (Å²) in [7, 11) is 1.66. The Labute approximate surface area is 128 Å². The van der Waals surface area contributed by atoms with Crippen LogP contribution in [0.2, 0.25) is 5.02 Å². The molecule has 1 aromatic rings. The van der Waals surface area contributed by atoms with Gasteiger partial charge in [-0.1, -0.05) is 18.5 Å². The molecule has 0 aromatic heterocycles. The first kappa shape index (κ1) is 16.0. The van der Waals surface area contributed by atoms with E-state index in [-0.39, 0.29) is 29.0 Å². The highest BCUT2D eigenvalue weighted by atomic mass is 35.5. The SMILES string of the molecule is CCCNC1CC(Oc2ccc([N+](=O)[O-])c(Cl)c2)C1OC. The lowest BCUT2D eigenvalue weighted by Crippen LogP contribution is -2.61. The summed E-state index contributed by atoms with van der Waals surface area (Å²) in [5.41, 5.74) is -0.122. The smallest absolute Gasteiger partial charge is 0.288 e. The summed E-state index contributed by atoms with van der Waals surface area (Å²) in [6.45, 7) is 3.06. The third-order valence-electron chi connectivity index (χ3n) is 3.58. The summed E-state index contributed by atoms with van der Waals surface area (Å²) >= 11 is 5.87. The molecule has 1 aliphatic carbocycles. The average molecular weight is 315 g/mol. The second kappa shape index (κ2) is 7.06. The molecule has 0 spiro atoms. The summed E-state index contributed by atoms with van der Waals surface area (Å²) in [4.78, 5) is 10.2. The van der Waals surface area contributed by atoms with E-state index in [4.69, 9.17) is 21.1 Å². The first-order valence-electron chi connectivity index (χ1n) is 6.93. The minimum atomic E-state index is -0.516. The number of benzene rings is 1. The van der Waals surface area contributed by atoms with Gasteiger partial charge >= 0.3 is 0 Å². The predicted octanol–water partition coefficient (Wildman–Crippen LogP) is 2.78. The molecular weight excluding hydrogens is 296 g/mol. The molecule has 1 aliphatic rings. The molecule has 0 aliphatic heterocycles. The van der Waals surface area contributed by atoms with E-state index >= 15 is 0 Å². The van der Waals surface area contributed by atoms with Crippen LogP contribution in [-0.4, -0.2) is 36.8 Å². The fourth-order valence-electron chi connectivity index (χ4n) is 2.43. The van der Waals surface area contributed by atoms with E-state index in [0.717, 1.165) is 19.4 Å². The van der Waals surface area contributed by atoms with Crippen molar-refractivity contribution in [3.63, 3.8) is 0 Å². The number of nitrogens with zero attached hydrogens (tertiary/aromatic N) is 1. The van der Waals surface area contributed by atoms with Gasteiger partial charge in [0.15, 0.2) is 0 Å². The summed E-state index contributed by atoms with van der Waals surface area (Å²) in [6.07, 6.45) is 1.82. The number of nitrogens with one attached hydrogen (secondary N) is 1. The fraction of sp³-hybridized carbons (Fsp3) is 0.571. The van der Waals surface area contributed by atoms with Gasteiger partial charge in [0, 0.05) is 31.7 Å². The lowest BCUT2D eigenvalue weighted by Gasteiger charge is -2.43. The van der Waals surface area contributed by atoms with Crippen molar-refractivity contribution in [1.82, 2.24) is 5.32 Å². The van der Waals surface area contributed by atoms with Crippen molar-refractivity contribution < 1.29 is 14.4 Å². The molecule has 1 saturated carbocycles. The quantitative estimate of drug-likeness (QED) is 0.619. The summed E-state index contributed by atoms with van der Waals surface area (Å²) < 4.78 is 11.3. The number of halogens is 1. The van der Waals surface area contributed by atoms with Gasteiger partial charge in [0.2, 0.25) is 0 Å². The van der Waals surface area contributed by atoms with Gasteiger partial charge in [0.05, 0.1) is 4.92 Å². The Kier molecular flexibility index (Phi) is 5.39. The van der Waals surface area contributed by atoms with Crippen LogP contribution in [0.4, 0.5) is 5.69 Å². The van der Waals surface area contributed by atoms with Gasteiger partial charge in [0.1, 0.15) is 23.0 Å². The summed E-state index contributed by atoms with van der Waals surface area (Å²) in [6, 6.07) is 4.67. The third-order valence-corrected chi connectivity index (χ3v) is 3.88. The van der Waals surface area contributed by atoms with Gasteiger partial charge in [-0.3, -0.25) is 10.1 Å². The van der Waals surface area contributed by atoms with Gasteiger partial charge in [-0.25, -0.2) is 0 Å². The molecule has 1 fully saturated rings.